The molecule has 0 radical (unpaired) electrons. The van der Waals surface area contributed by atoms with Crippen molar-refractivity contribution in [3.63, 3.8) is 0 Å². The number of sulfone groups is 1. The Morgan fingerprint density at radius 2 is 1.63 bits per heavy atom. The van der Waals surface area contributed by atoms with E-state index < -0.39 is 9.84 Å². The fraction of sp³-hybridized carbons (Fsp3) is 0.548. The number of rotatable bonds is 9. The molecule has 0 aromatic heterocycles. The minimum absolute atomic E-state index is 0.0525. The van der Waals surface area contributed by atoms with Crippen LogP contribution >= 0.6 is 11.6 Å². The Bertz CT molecular complexity index is 1330. The lowest BCUT2D eigenvalue weighted by molar-refractivity contribution is -0.133. The minimum Gasteiger partial charge on any atom is -0.378 e. The average Bonchev–Trinajstić information content (AvgIpc) is 2.97. The van der Waals surface area contributed by atoms with E-state index in [2.05, 4.69) is 4.90 Å². The minimum atomic E-state index is -3.40. The largest absolute Gasteiger partial charge is 0.378 e. The molecule has 2 saturated heterocycles. The number of benzene rings is 2. The van der Waals surface area contributed by atoms with Gasteiger partial charge in [0, 0.05) is 63.0 Å². The smallest absolute Gasteiger partial charge is 0.230 e. The summed E-state index contributed by atoms with van der Waals surface area (Å²) in [6.07, 6.45) is 3.28. The van der Waals surface area contributed by atoms with E-state index in [1.807, 2.05) is 55.1 Å². The molecule has 2 aromatic rings. The van der Waals surface area contributed by atoms with Gasteiger partial charge in [-0.3, -0.25) is 9.59 Å². The summed E-state index contributed by atoms with van der Waals surface area (Å²) in [5, 5.41) is 0.246. The first-order chi connectivity index (χ1) is 19.5. The van der Waals surface area contributed by atoms with E-state index in [9.17, 15) is 18.0 Å². The van der Waals surface area contributed by atoms with E-state index in [4.69, 9.17) is 11.6 Å². The number of anilines is 2. The van der Waals surface area contributed by atoms with Crippen LogP contribution in [0.1, 0.15) is 44.6 Å². The second kappa shape index (κ2) is 13.6. The van der Waals surface area contributed by atoms with Crippen molar-refractivity contribution in [2.24, 2.45) is 5.92 Å². The molecule has 2 aromatic carbocycles. The highest BCUT2D eigenvalue weighted by atomic mass is 35.5. The number of aryl methyl sites for hydroxylation is 1. The molecule has 8 nitrogen and oxygen atoms in total. The maximum atomic E-state index is 13.7. The number of nitrogens with zero attached hydrogens (tertiary/aromatic N) is 4. The maximum absolute atomic E-state index is 13.7. The zero-order chi connectivity index (χ0) is 29.7. The van der Waals surface area contributed by atoms with Gasteiger partial charge >= 0.3 is 0 Å². The second-order valence-electron chi connectivity index (χ2n) is 11.5. The lowest BCUT2D eigenvalue weighted by atomic mass is 9.94. The zero-order valence-corrected chi connectivity index (χ0v) is 26.3. The van der Waals surface area contributed by atoms with E-state index in [1.54, 1.807) is 30.0 Å². The molecule has 10 heteroatoms. The third kappa shape index (κ3) is 7.62. The van der Waals surface area contributed by atoms with Crippen molar-refractivity contribution in [1.29, 1.82) is 0 Å². The van der Waals surface area contributed by atoms with Crippen LogP contribution in [0.5, 0.6) is 0 Å². The number of hydrogen-bond donors (Lipinski definition) is 0. The van der Waals surface area contributed by atoms with E-state index in [0.717, 1.165) is 29.9 Å². The number of carbonyl (C=O) groups is 2. The highest BCUT2D eigenvalue weighted by Crippen LogP contribution is 2.29. The summed E-state index contributed by atoms with van der Waals surface area (Å²) in [5.74, 6) is 0.00670. The van der Waals surface area contributed by atoms with Gasteiger partial charge in [-0.15, -0.1) is 0 Å². The van der Waals surface area contributed by atoms with Gasteiger partial charge in [0.05, 0.1) is 10.1 Å². The Labute approximate surface area is 250 Å². The third-order valence-electron chi connectivity index (χ3n) is 8.51. The fourth-order valence-corrected chi connectivity index (χ4v) is 7.75. The zero-order valence-electron chi connectivity index (χ0n) is 24.7. The molecule has 0 aliphatic carbocycles. The number of carbonyl (C=O) groups excluding carboxylic acids is 2. The molecule has 2 aliphatic rings. The Kier molecular flexibility index (Phi) is 10.4. The third-order valence-corrected chi connectivity index (χ3v) is 11.2. The Hall–Kier alpha value is -2.62. The van der Waals surface area contributed by atoms with Crippen LogP contribution < -0.4 is 9.80 Å². The molecule has 0 N–H and O–H groups in total. The molecule has 0 saturated carbocycles. The Balaban J connectivity index is 1.35. The number of likely N-dealkylation sites (tertiary alicyclic amines) is 2. The molecule has 2 amide bonds. The van der Waals surface area contributed by atoms with Crippen molar-refractivity contribution in [2.75, 3.05) is 63.2 Å². The van der Waals surface area contributed by atoms with Crippen LogP contribution in [0, 0.1) is 12.8 Å². The predicted molar refractivity (Wildman–Crippen MR) is 166 cm³/mol. The van der Waals surface area contributed by atoms with Crippen LogP contribution in [-0.4, -0.2) is 88.6 Å². The summed E-state index contributed by atoms with van der Waals surface area (Å²) in [7, 11) is 0.417. The van der Waals surface area contributed by atoms with E-state index in [1.165, 1.54) is 0 Å². The first kappa shape index (κ1) is 31.3. The molecule has 0 bridgehead atoms. The SMILES string of the molecule is CC(=O)N1CCC(C(=O)N(CCCN2CCC(S(=O)(=O)c3cccc(N(C)C)c3)CC2)c2ccc(C)c(Cl)c2)CC1. The molecule has 2 fully saturated rings. The molecule has 0 atom stereocenters. The fourth-order valence-electron chi connectivity index (χ4n) is 5.80. The molecule has 0 unspecified atom stereocenters. The van der Waals surface area contributed by atoms with Crippen molar-refractivity contribution < 1.29 is 18.0 Å². The summed E-state index contributed by atoms with van der Waals surface area (Å²) in [4.78, 5) is 33.7. The second-order valence-corrected chi connectivity index (χ2v) is 14.2. The summed E-state index contributed by atoms with van der Waals surface area (Å²) >= 11 is 6.44. The number of hydrogen-bond acceptors (Lipinski definition) is 6. The number of piperidine rings is 2. The van der Waals surface area contributed by atoms with Gasteiger partial charge in [0.15, 0.2) is 9.84 Å². The normalized spacial score (nSPS) is 17.4. The standard InChI is InChI=1S/C31H43ClN4O4S/c1-23-9-10-27(22-30(23)32)36(31(38)25-11-19-35(20-12-25)24(2)37)16-6-15-34-17-13-28(14-18-34)41(39,40)29-8-5-7-26(21-29)33(3)4/h5,7-10,21-22,25,28H,6,11-20H2,1-4H3. The van der Waals surface area contributed by atoms with Crippen molar-refractivity contribution in [2.45, 2.75) is 56.1 Å². The molecule has 41 heavy (non-hydrogen) atoms. The first-order valence-electron chi connectivity index (χ1n) is 14.5. The van der Waals surface area contributed by atoms with Crippen LogP contribution in [0.15, 0.2) is 47.4 Å². The van der Waals surface area contributed by atoms with Crippen molar-refractivity contribution in [3.05, 3.63) is 53.1 Å². The van der Waals surface area contributed by atoms with Crippen molar-refractivity contribution in [3.8, 4) is 0 Å². The first-order valence-corrected chi connectivity index (χ1v) is 16.5. The highest BCUT2D eigenvalue weighted by molar-refractivity contribution is 7.92. The topological polar surface area (TPSA) is 81.2 Å². The van der Waals surface area contributed by atoms with Crippen LogP contribution in [-0.2, 0) is 19.4 Å². The van der Waals surface area contributed by atoms with Gasteiger partial charge in [0.25, 0.3) is 0 Å². The summed E-state index contributed by atoms with van der Waals surface area (Å²) in [5.41, 5.74) is 2.63. The predicted octanol–water partition coefficient (Wildman–Crippen LogP) is 4.63. The lowest BCUT2D eigenvalue weighted by Crippen LogP contribution is -2.45. The highest BCUT2D eigenvalue weighted by Gasteiger charge is 2.33. The maximum Gasteiger partial charge on any atom is 0.230 e. The van der Waals surface area contributed by atoms with Crippen LogP contribution in [0.4, 0.5) is 11.4 Å². The Morgan fingerprint density at radius 3 is 2.24 bits per heavy atom. The monoisotopic (exact) mass is 602 g/mol. The van der Waals surface area contributed by atoms with Gasteiger partial charge in [-0.1, -0.05) is 23.7 Å². The van der Waals surface area contributed by atoms with E-state index in [0.29, 0.717) is 68.3 Å². The van der Waals surface area contributed by atoms with Gasteiger partial charge < -0.3 is 19.6 Å². The van der Waals surface area contributed by atoms with E-state index in [-0.39, 0.29) is 23.0 Å². The number of amides is 2. The average molecular weight is 603 g/mol. The van der Waals surface area contributed by atoms with Crippen molar-refractivity contribution >= 4 is 44.6 Å². The van der Waals surface area contributed by atoms with Gasteiger partial charge in [-0.05, 0) is 94.6 Å². The summed E-state index contributed by atoms with van der Waals surface area (Å²) in [6, 6.07) is 12.9. The van der Waals surface area contributed by atoms with Crippen LogP contribution in [0.3, 0.4) is 0 Å². The molecule has 0 spiro atoms. The molecular weight excluding hydrogens is 560 g/mol. The van der Waals surface area contributed by atoms with Gasteiger partial charge in [-0.25, -0.2) is 8.42 Å². The Morgan fingerprint density at radius 1 is 0.951 bits per heavy atom. The molecule has 2 aliphatic heterocycles. The lowest BCUT2D eigenvalue weighted by Gasteiger charge is -2.35. The molecule has 4 rings (SSSR count). The van der Waals surface area contributed by atoms with Gasteiger partial charge in [0.1, 0.15) is 0 Å². The van der Waals surface area contributed by atoms with Crippen LogP contribution in [0.25, 0.3) is 0 Å². The van der Waals surface area contributed by atoms with E-state index >= 15 is 0 Å². The number of halogens is 1. The molecule has 224 valence electrons. The quantitative estimate of drug-likeness (QED) is 0.416. The van der Waals surface area contributed by atoms with Crippen LogP contribution in [0.2, 0.25) is 5.02 Å². The summed E-state index contributed by atoms with van der Waals surface area (Å²) < 4.78 is 26.7. The molecular formula is C31H43ClN4O4S. The van der Waals surface area contributed by atoms with Gasteiger partial charge in [0.2, 0.25) is 11.8 Å². The van der Waals surface area contributed by atoms with Gasteiger partial charge in [-0.2, -0.15) is 0 Å². The molecule has 2 heterocycles. The van der Waals surface area contributed by atoms with Crippen molar-refractivity contribution in [1.82, 2.24) is 9.80 Å². The summed E-state index contributed by atoms with van der Waals surface area (Å²) in [6.45, 7) is 7.49.